The van der Waals surface area contributed by atoms with E-state index in [4.69, 9.17) is 0 Å². The first-order valence-corrected chi connectivity index (χ1v) is 5.84. The fourth-order valence-corrected chi connectivity index (χ4v) is 3.04. The normalized spacial score (nSPS) is 31.4. The van der Waals surface area contributed by atoms with Gasteiger partial charge >= 0.3 is 0 Å². The Morgan fingerprint density at radius 2 is 2.12 bits per heavy atom. The summed E-state index contributed by atoms with van der Waals surface area (Å²) >= 11 is 0. The highest BCUT2D eigenvalue weighted by atomic mass is 19.1. The van der Waals surface area contributed by atoms with Gasteiger partial charge in [0.05, 0.1) is 12.1 Å². The molecule has 0 N–H and O–H groups in total. The standard InChI is InChI=1S/C13H13F2NO/c1-7-9-3-2-8(14)6-10(9)13(15)11-4-5-12(17)16(7)11/h2-3,6-7,11,13H,4-5H2,1H3/t7-,11+,13-/m0/s1. The quantitative estimate of drug-likeness (QED) is 0.679. The van der Waals surface area contributed by atoms with Crippen LogP contribution in [-0.2, 0) is 4.79 Å². The molecule has 0 aliphatic carbocycles. The molecule has 1 aromatic carbocycles. The van der Waals surface area contributed by atoms with Crippen molar-refractivity contribution >= 4 is 5.91 Å². The van der Waals surface area contributed by atoms with Crippen LogP contribution < -0.4 is 0 Å². The van der Waals surface area contributed by atoms with Crippen LogP contribution in [0.25, 0.3) is 0 Å². The summed E-state index contributed by atoms with van der Waals surface area (Å²) in [4.78, 5) is 13.3. The predicted octanol–water partition coefficient (Wildman–Crippen LogP) is 2.90. The van der Waals surface area contributed by atoms with Crippen molar-refractivity contribution in [2.45, 2.75) is 38.0 Å². The van der Waals surface area contributed by atoms with Crippen LogP contribution >= 0.6 is 0 Å². The van der Waals surface area contributed by atoms with Gasteiger partial charge in [0.15, 0.2) is 0 Å². The number of alkyl halides is 1. The zero-order valence-corrected chi connectivity index (χ0v) is 9.49. The Kier molecular flexibility index (Phi) is 2.21. The van der Waals surface area contributed by atoms with E-state index >= 15 is 0 Å². The molecule has 2 aliphatic rings. The monoisotopic (exact) mass is 237 g/mol. The third-order valence-electron chi connectivity index (χ3n) is 3.85. The van der Waals surface area contributed by atoms with Crippen molar-refractivity contribution < 1.29 is 13.6 Å². The summed E-state index contributed by atoms with van der Waals surface area (Å²) in [6, 6.07) is 3.60. The first-order chi connectivity index (χ1) is 8.09. The second-order valence-electron chi connectivity index (χ2n) is 4.76. The smallest absolute Gasteiger partial charge is 0.223 e. The summed E-state index contributed by atoms with van der Waals surface area (Å²) in [5.41, 5.74) is 1.14. The number of nitrogens with zero attached hydrogens (tertiary/aromatic N) is 1. The first kappa shape index (κ1) is 10.7. The Balaban J connectivity index is 2.13. The summed E-state index contributed by atoms with van der Waals surface area (Å²) in [6.07, 6.45) is -0.338. The van der Waals surface area contributed by atoms with Crippen LogP contribution in [0.3, 0.4) is 0 Å². The fraction of sp³-hybridized carbons (Fsp3) is 0.462. The van der Waals surface area contributed by atoms with Gasteiger partial charge in [0.25, 0.3) is 0 Å². The fourth-order valence-electron chi connectivity index (χ4n) is 3.04. The van der Waals surface area contributed by atoms with E-state index in [1.54, 1.807) is 11.0 Å². The predicted molar refractivity (Wildman–Crippen MR) is 58.5 cm³/mol. The number of hydrogen-bond donors (Lipinski definition) is 0. The number of amides is 1. The Labute approximate surface area is 98.2 Å². The van der Waals surface area contributed by atoms with Gasteiger partial charge in [0.1, 0.15) is 12.0 Å². The number of halogens is 2. The summed E-state index contributed by atoms with van der Waals surface area (Å²) in [6.45, 7) is 1.87. The highest BCUT2D eigenvalue weighted by Crippen LogP contribution is 2.45. The molecule has 0 saturated carbocycles. The van der Waals surface area contributed by atoms with Gasteiger partial charge in [0.2, 0.25) is 5.91 Å². The van der Waals surface area contributed by atoms with Crippen LogP contribution in [-0.4, -0.2) is 16.8 Å². The SMILES string of the molecule is C[C@H]1c2ccc(F)cc2[C@H](F)[C@H]2CCC(=O)N21. The minimum Gasteiger partial charge on any atom is -0.330 e. The van der Waals surface area contributed by atoms with Gasteiger partial charge in [-0.05, 0) is 36.6 Å². The maximum Gasteiger partial charge on any atom is 0.223 e. The second-order valence-corrected chi connectivity index (χ2v) is 4.76. The van der Waals surface area contributed by atoms with Crippen LogP contribution in [0, 0.1) is 5.82 Å². The Morgan fingerprint density at radius 1 is 1.35 bits per heavy atom. The lowest BCUT2D eigenvalue weighted by Crippen LogP contribution is -2.42. The summed E-state index contributed by atoms with van der Waals surface area (Å²) in [5, 5.41) is 0. The Bertz CT molecular complexity index is 488. The number of carbonyl (C=O) groups excluding carboxylic acids is 1. The van der Waals surface area contributed by atoms with E-state index in [1.807, 2.05) is 6.92 Å². The highest BCUT2D eigenvalue weighted by molar-refractivity contribution is 5.80. The van der Waals surface area contributed by atoms with E-state index in [1.165, 1.54) is 12.1 Å². The van der Waals surface area contributed by atoms with E-state index in [9.17, 15) is 13.6 Å². The zero-order valence-electron chi connectivity index (χ0n) is 9.49. The first-order valence-electron chi connectivity index (χ1n) is 5.84. The van der Waals surface area contributed by atoms with Gasteiger partial charge in [-0.3, -0.25) is 4.79 Å². The van der Waals surface area contributed by atoms with E-state index in [0.29, 0.717) is 18.4 Å². The molecule has 2 nitrogen and oxygen atoms in total. The molecule has 1 aromatic rings. The van der Waals surface area contributed by atoms with Crippen molar-refractivity contribution in [2.75, 3.05) is 0 Å². The lowest BCUT2D eigenvalue weighted by Gasteiger charge is -2.39. The number of carbonyl (C=O) groups is 1. The molecule has 0 unspecified atom stereocenters. The summed E-state index contributed by atoms with van der Waals surface area (Å²) in [5.74, 6) is -0.420. The zero-order chi connectivity index (χ0) is 12.2. The second kappa shape index (κ2) is 3.52. The minimum absolute atomic E-state index is 0.000116. The van der Waals surface area contributed by atoms with Crippen molar-refractivity contribution in [1.82, 2.24) is 4.90 Å². The van der Waals surface area contributed by atoms with E-state index < -0.39 is 18.0 Å². The Hall–Kier alpha value is -1.45. The average molecular weight is 237 g/mol. The summed E-state index contributed by atoms with van der Waals surface area (Å²) in [7, 11) is 0. The van der Waals surface area contributed by atoms with Crippen molar-refractivity contribution in [2.24, 2.45) is 0 Å². The number of fused-ring (bicyclic) bond motifs is 2. The molecule has 1 saturated heterocycles. The summed E-state index contributed by atoms with van der Waals surface area (Å²) < 4.78 is 27.5. The highest BCUT2D eigenvalue weighted by Gasteiger charge is 2.45. The lowest BCUT2D eigenvalue weighted by molar-refractivity contribution is -0.132. The molecule has 2 heterocycles. The molecular weight excluding hydrogens is 224 g/mol. The number of hydrogen-bond acceptors (Lipinski definition) is 1. The molecule has 3 rings (SSSR count). The molecule has 0 aromatic heterocycles. The topological polar surface area (TPSA) is 20.3 Å². The maximum absolute atomic E-state index is 14.3. The maximum atomic E-state index is 14.3. The van der Waals surface area contributed by atoms with Crippen LogP contribution in [0.5, 0.6) is 0 Å². The largest absolute Gasteiger partial charge is 0.330 e. The van der Waals surface area contributed by atoms with Crippen LogP contribution in [0.2, 0.25) is 0 Å². The molecule has 2 aliphatic heterocycles. The van der Waals surface area contributed by atoms with E-state index in [-0.39, 0.29) is 11.9 Å². The van der Waals surface area contributed by atoms with Crippen molar-refractivity contribution in [1.29, 1.82) is 0 Å². The third-order valence-corrected chi connectivity index (χ3v) is 3.85. The van der Waals surface area contributed by atoms with Crippen molar-refractivity contribution in [3.05, 3.63) is 35.1 Å². The molecule has 17 heavy (non-hydrogen) atoms. The van der Waals surface area contributed by atoms with Gasteiger partial charge in [-0.15, -0.1) is 0 Å². The van der Waals surface area contributed by atoms with Crippen molar-refractivity contribution in [3.63, 3.8) is 0 Å². The molecular formula is C13H13F2NO. The third kappa shape index (κ3) is 1.39. The van der Waals surface area contributed by atoms with Crippen LogP contribution in [0.1, 0.15) is 43.1 Å². The van der Waals surface area contributed by atoms with Crippen LogP contribution in [0.15, 0.2) is 18.2 Å². The molecule has 1 amide bonds. The molecule has 0 spiro atoms. The molecule has 90 valence electrons. The lowest BCUT2D eigenvalue weighted by atomic mass is 9.88. The Morgan fingerprint density at radius 3 is 2.88 bits per heavy atom. The van der Waals surface area contributed by atoms with Crippen molar-refractivity contribution in [3.8, 4) is 0 Å². The van der Waals surface area contributed by atoms with Gasteiger partial charge in [-0.2, -0.15) is 0 Å². The molecule has 0 bridgehead atoms. The molecule has 0 radical (unpaired) electrons. The average Bonchev–Trinajstić information content (AvgIpc) is 2.68. The number of benzene rings is 1. The van der Waals surface area contributed by atoms with Crippen LogP contribution in [0.4, 0.5) is 8.78 Å². The van der Waals surface area contributed by atoms with Gasteiger partial charge < -0.3 is 4.90 Å². The minimum atomic E-state index is -1.26. The van der Waals surface area contributed by atoms with E-state index in [0.717, 1.165) is 5.56 Å². The van der Waals surface area contributed by atoms with Gasteiger partial charge in [-0.25, -0.2) is 8.78 Å². The molecule has 3 atom stereocenters. The van der Waals surface area contributed by atoms with Gasteiger partial charge in [0, 0.05) is 6.42 Å². The van der Waals surface area contributed by atoms with Gasteiger partial charge in [-0.1, -0.05) is 6.07 Å². The van der Waals surface area contributed by atoms with E-state index in [2.05, 4.69) is 0 Å². The number of rotatable bonds is 0. The molecule has 1 fully saturated rings. The molecule has 4 heteroatoms.